The van der Waals surface area contributed by atoms with Gasteiger partial charge in [-0.25, -0.2) is 0 Å². The minimum Gasteiger partial charge on any atom is -0.317 e. The lowest BCUT2D eigenvalue weighted by Crippen LogP contribution is -2.60. The van der Waals surface area contributed by atoms with Crippen LogP contribution in [-0.4, -0.2) is 62.3 Å². The van der Waals surface area contributed by atoms with Crippen molar-refractivity contribution in [1.82, 2.24) is 0 Å². The summed E-state index contributed by atoms with van der Waals surface area (Å²) in [5.74, 6) is 0. The molecule has 3 saturated heterocycles. The van der Waals surface area contributed by atoms with Crippen LogP contribution in [0.2, 0.25) is 0 Å². The maximum absolute atomic E-state index is 2.43. The second kappa shape index (κ2) is 2.20. The molecule has 2 bridgehead atoms. The first kappa shape index (κ1) is 7.56. The molecule has 64 valence electrons. The minimum absolute atomic E-state index is 1.36. The molecule has 2 nitrogen and oxygen atoms in total. The van der Waals surface area contributed by atoms with E-state index in [1.165, 1.54) is 54.7 Å². The second-order valence-electron chi connectivity index (χ2n) is 4.93. The highest BCUT2D eigenvalue weighted by Gasteiger charge is 2.40. The van der Waals surface area contributed by atoms with Crippen LogP contribution in [-0.2, 0) is 0 Å². The Kier molecular flexibility index (Phi) is 1.52. The Morgan fingerprint density at radius 2 is 1.00 bits per heavy atom. The number of nitrogens with zero attached hydrogens (tertiary/aromatic N) is 2. The number of likely N-dealkylation sites (N-methyl/N-ethyl adjacent to an activating group) is 2. The molecule has 3 heterocycles. The molecule has 0 spiro atoms. The largest absolute Gasteiger partial charge is 0.317 e. The quantitative estimate of drug-likeness (QED) is 0.442. The van der Waals surface area contributed by atoms with Gasteiger partial charge in [0.15, 0.2) is 0 Å². The Bertz CT molecular complexity index is 139. The van der Waals surface area contributed by atoms with Gasteiger partial charge in [-0.15, -0.1) is 0 Å². The van der Waals surface area contributed by atoms with Gasteiger partial charge in [-0.1, -0.05) is 0 Å². The molecule has 3 rings (SSSR count). The van der Waals surface area contributed by atoms with E-state index in [4.69, 9.17) is 0 Å². The van der Waals surface area contributed by atoms with Crippen LogP contribution in [0, 0.1) is 0 Å². The van der Waals surface area contributed by atoms with Crippen molar-refractivity contribution >= 4 is 0 Å². The van der Waals surface area contributed by atoms with Crippen LogP contribution in [0.5, 0.6) is 0 Å². The Balaban J connectivity index is 2.17. The lowest BCUT2D eigenvalue weighted by Gasteiger charge is -2.41. The van der Waals surface area contributed by atoms with Crippen molar-refractivity contribution in [3.63, 3.8) is 0 Å². The molecule has 0 aromatic carbocycles. The Morgan fingerprint density at radius 3 is 1.36 bits per heavy atom. The van der Waals surface area contributed by atoms with E-state index < -0.39 is 0 Å². The molecule has 0 saturated carbocycles. The van der Waals surface area contributed by atoms with E-state index >= 15 is 0 Å². The average molecular weight is 156 g/mol. The summed E-state index contributed by atoms with van der Waals surface area (Å²) in [4.78, 5) is 0. The van der Waals surface area contributed by atoms with Crippen molar-refractivity contribution in [3.05, 3.63) is 0 Å². The van der Waals surface area contributed by atoms with Gasteiger partial charge in [0.2, 0.25) is 0 Å². The van der Waals surface area contributed by atoms with Crippen LogP contribution in [0.4, 0.5) is 0 Å². The lowest BCUT2D eigenvalue weighted by molar-refractivity contribution is -0.998. The van der Waals surface area contributed by atoms with E-state index in [0.29, 0.717) is 0 Å². The summed E-state index contributed by atoms with van der Waals surface area (Å²) < 4.78 is 2.71. The topological polar surface area (TPSA) is 0 Å². The minimum atomic E-state index is 1.36. The summed E-state index contributed by atoms with van der Waals surface area (Å²) in [5, 5.41) is 0. The normalized spacial score (nSPS) is 50.7. The van der Waals surface area contributed by atoms with Crippen LogP contribution in [0.25, 0.3) is 0 Å². The van der Waals surface area contributed by atoms with Crippen LogP contribution in [0.3, 0.4) is 0 Å². The van der Waals surface area contributed by atoms with Crippen molar-refractivity contribution in [1.29, 1.82) is 0 Å². The maximum atomic E-state index is 2.43. The predicted molar refractivity (Wildman–Crippen MR) is 46.2 cm³/mol. The monoisotopic (exact) mass is 156 g/mol. The predicted octanol–water partition coefficient (Wildman–Crippen LogP) is 0.297. The molecule has 0 unspecified atom stereocenters. The van der Waals surface area contributed by atoms with Crippen molar-refractivity contribution in [2.45, 2.75) is 6.42 Å². The van der Waals surface area contributed by atoms with Gasteiger partial charge >= 0.3 is 0 Å². The molecule has 0 N–H and O–H groups in total. The van der Waals surface area contributed by atoms with Crippen molar-refractivity contribution in [3.8, 4) is 0 Å². The summed E-state index contributed by atoms with van der Waals surface area (Å²) in [7, 11) is 4.85. The smallest absolute Gasteiger partial charge is 0.128 e. The highest BCUT2D eigenvalue weighted by Crippen LogP contribution is 2.21. The van der Waals surface area contributed by atoms with Gasteiger partial charge in [0.25, 0.3) is 0 Å². The molecule has 3 aliphatic heterocycles. The Hall–Kier alpha value is -0.0800. The second-order valence-corrected chi connectivity index (χ2v) is 4.93. The molecule has 0 atom stereocenters. The highest BCUT2D eigenvalue weighted by atomic mass is 15.5. The number of rotatable bonds is 0. The van der Waals surface area contributed by atoms with E-state index in [0.717, 1.165) is 0 Å². The highest BCUT2D eigenvalue weighted by molar-refractivity contribution is 4.56. The molecule has 3 fully saturated rings. The van der Waals surface area contributed by atoms with Crippen LogP contribution < -0.4 is 0 Å². The van der Waals surface area contributed by atoms with Gasteiger partial charge < -0.3 is 8.97 Å². The number of quaternary nitrogens is 2. The molecule has 0 aliphatic carbocycles. The fourth-order valence-corrected chi connectivity index (χ4v) is 2.47. The van der Waals surface area contributed by atoms with E-state index in [1.54, 1.807) is 0 Å². The molecule has 0 amide bonds. The summed E-state index contributed by atoms with van der Waals surface area (Å²) in [6, 6.07) is 0. The SMILES string of the molecule is C[N+]12CCC[N+](C)(CC1)CC2. The average Bonchev–Trinajstić information content (AvgIpc) is 2.18. The van der Waals surface area contributed by atoms with Gasteiger partial charge in [-0.05, 0) is 0 Å². The summed E-state index contributed by atoms with van der Waals surface area (Å²) >= 11 is 0. The third kappa shape index (κ3) is 1.30. The van der Waals surface area contributed by atoms with Crippen molar-refractivity contribution in [2.24, 2.45) is 0 Å². The molecular weight excluding hydrogens is 136 g/mol. The van der Waals surface area contributed by atoms with Gasteiger partial charge in [0.05, 0.1) is 27.2 Å². The maximum Gasteiger partial charge on any atom is 0.128 e. The van der Waals surface area contributed by atoms with E-state index in [9.17, 15) is 0 Å². The fourth-order valence-electron chi connectivity index (χ4n) is 2.47. The zero-order valence-electron chi connectivity index (χ0n) is 7.84. The van der Waals surface area contributed by atoms with E-state index in [2.05, 4.69) is 14.1 Å². The zero-order chi connectivity index (χ0) is 7.95. The molecule has 3 aliphatic rings. The first-order valence-electron chi connectivity index (χ1n) is 4.79. The summed E-state index contributed by atoms with van der Waals surface area (Å²) in [6.45, 7) is 8.50. The molecule has 0 aromatic rings. The first-order valence-corrected chi connectivity index (χ1v) is 4.79. The van der Waals surface area contributed by atoms with Crippen LogP contribution in [0.15, 0.2) is 0 Å². The molecule has 2 heteroatoms. The fraction of sp³-hybridized carbons (Fsp3) is 1.00. The summed E-state index contributed by atoms with van der Waals surface area (Å²) in [5.41, 5.74) is 0. The standard InChI is InChI=1S/C9H20N2/c1-10-4-3-5-11(2,8-6-10)9-7-10/h3-9H2,1-2H3/q+2. The number of hydrogen-bond acceptors (Lipinski definition) is 0. The molecule has 0 radical (unpaired) electrons. The third-order valence-corrected chi connectivity index (χ3v) is 3.76. The molecular formula is C9H20N2+2. The van der Waals surface area contributed by atoms with Gasteiger partial charge in [0.1, 0.15) is 26.2 Å². The molecule has 11 heavy (non-hydrogen) atoms. The Labute approximate surface area is 69.6 Å². The van der Waals surface area contributed by atoms with E-state index in [1.807, 2.05) is 0 Å². The zero-order valence-corrected chi connectivity index (χ0v) is 7.84. The van der Waals surface area contributed by atoms with Gasteiger partial charge in [-0.3, -0.25) is 0 Å². The lowest BCUT2D eigenvalue weighted by atomic mass is 10.2. The van der Waals surface area contributed by atoms with Gasteiger partial charge in [-0.2, -0.15) is 0 Å². The van der Waals surface area contributed by atoms with Crippen LogP contribution >= 0.6 is 0 Å². The third-order valence-electron chi connectivity index (χ3n) is 3.76. The summed E-state index contributed by atoms with van der Waals surface area (Å²) in [6.07, 6.45) is 1.44. The first-order chi connectivity index (χ1) is 5.12. The molecule has 0 aromatic heterocycles. The number of piperazine rings is 1. The van der Waals surface area contributed by atoms with E-state index in [-0.39, 0.29) is 0 Å². The Morgan fingerprint density at radius 1 is 0.636 bits per heavy atom. The van der Waals surface area contributed by atoms with Gasteiger partial charge in [0, 0.05) is 6.42 Å². The van der Waals surface area contributed by atoms with Crippen molar-refractivity contribution < 1.29 is 8.97 Å². The number of hydrogen-bond donors (Lipinski definition) is 0. The number of fused-ring (bicyclic) bond motifs is 4. The van der Waals surface area contributed by atoms with Crippen LogP contribution in [0.1, 0.15) is 6.42 Å². The van der Waals surface area contributed by atoms with Crippen molar-refractivity contribution in [2.75, 3.05) is 53.4 Å².